The quantitative estimate of drug-likeness (QED) is 0.610. The van der Waals surface area contributed by atoms with Gasteiger partial charge in [-0.05, 0) is 12.5 Å². The maximum Gasteiger partial charge on any atom is 0.314 e. The number of esters is 2. The van der Waals surface area contributed by atoms with Crippen molar-refractivity contribution in [1.82, 2.24) is 0 Å². The summed E-state index contributed by atoms with van der Waals surface area (Å²) in [5.74, 6) is -0.782. The fourth-order valence-corrected chi connectivity index (χ4v) is 0.897. The molecular weight excluding hydrogens is 172 g/mol. The molecule has 0 spiro atoms. The third kappa shape index (κ3) is 3.27. The van der Waals surface area contributed by atoms with Crippen molar-refractivity contribution >= 4 is 11.9 Å². The minimum Gasteiger partial charge on any atom is -0.393 e. The Bertz CT molecular complexity index is 222. The monoisotopic (exact) mass is 184 g/mol. The van der Waals surface area contributed by atoms with Gasteiger partial charge in [-0.15, -0.1) is 0 Å². The van der Waals surface area contributed by atoms with E-state index >= 15 is 0 Å². The number of hydrogen-bond donors (Lipinski definition) is 0. The van der Waals surface area contributed by atoms with Crippen LogP contribution < -0.4 is 0 Å². The molecule has 0 radical (unpaired) electrons. The van der Waals surface area contributed by atoms with Crippen LogP contribution in [0.4, 0.5) is 0 Å². The summed E-state index contributed by atoms with van der Waals surface area (Å²) in [7, 11) is 0. The third-order valence-electron chi connectivity index (χ3n) is 1.56. The zero-order chi connectivity index (χ0) is 9.68. The summed E-state index contributed by atoms with van der Waals surface area (Å²) in [5, 5.41) is 0. The first-order valence-electron chi connectivity index (χ1n) is 4.34. The van der Waals surface area contributed by atoms with Crippen LogP contribution in [0.1, 0.15) is 32.6 Å². The fraction of sp³-hybridized carbons (Fsp3) is 0.556. The summed E-state index contributed by atoms with van der Waals surface area (Å²) in [6.45, 7) is 1.98. The van der Waals surface area contributed by atoms with Crippen molar-refractivity contribution in [3.8, 4) is 0 Å². The van der Waals surface area contributed by atoms with Gasteiger partial charge < -0.3 is 9.47 Å². The zero-order valence-corrected chi connectivity index (χ0v) is 7.54. The van der Waals surface area contributed by atoms with Crippen LogP contribution in [0.2, 0.25) is 0 Å². The van der Waals surface area contributed by atoms with Crippen molar-refractivity contribution in [1.29, 1.82) is 0 Å². The molecule has 0 saturated carbocycles. The molecule has 0 aromatic rings. The Morgan fingerprint density at radius 2 is 1.77 bits per heavy atom. The zero-order valence-electron chi connectivity index (χ0n) is 7.54. The van der Waals surface area contributed by atoms with Gasteiger partial charge in [0.15, 0.2) is 0 Å². The molecule has 1 aliphatic heterocycles. The number of unbranched alkanes of at least 4 members (excludes halogenated alkanes) is 1. The number of allylic oxidation sites excluding steroid dienone is 1. The Balaban J connectivity index is 2.61. The van der Waals surface area contributed by atoms with Crippen LogP contribution in [-0.2, 0) is 19.1 Å². The van der Waals surface area contributed by atoms with Gasteiger partial charge in [-0.3, -0.25) is 9.59 Å². The summed E-state index contributed by atoms with van der Waals surface area (Å²) in [5.41, 5.74) is 0. The van der Waals surface area contributed by atoms with Gasteiger partial charge >= 0.3 is 11.9 Å². The molecule has 0 aliphatic carbocycles. The molecule has 0 unspecified atom stereocenters. The van der Waals surface area contributed by atoms with Crippen molar-refractivity contribution in [3.63, 3.8) is 0 Å². The van der Waals surface area contributed by atoms with Crippen LogP contribution >= 0.6 is 0 Å². The maximum atomic E-state index is 10.9. The standard InChI is InChI=1S/C9H12O4/c1-2-3-4-9-12-7(10)5-6-8(11)13-9/h4H,2-3,5-6H2,1H3. The molecule has 13 heavy (non-hydrogen) atoms. The van der Waals surface area contributed by atoms with Gasteiger partial charge in [-0.25, -0.2) is 0 Å². The van der Waals surface area contributed by atoms with E-state index in [-0.39, 0.29) is 18.8 Å². The Labute approximate surface area is 76.5 Å². The lowest BCUT2D eigenvalue weighted by Gasteiger charge is -2.02. The summed E-state index contributed by atoms with van der Waals surface area (Å²) in [6.07, 6.45) is 3.46. The molecule has 0 bridgehead atoms. The van der Waals surface area contributed by atoms with Crippen LogP contribution in [0.3, 0.4) is 0 Å². The molecule has 0 N–H and O–H groups in total. The van der Waals surface area contributed by atoms with E-state index in [1.165, 1.54) is 0 Å². The smallest absolute Gasteiger partial charge is 0.314 e. The van der Waals surface area contributed by atoms with Gasteiger partial charge in [0.25, 0.3) is 5.95 Å². The van der Waals surface area contributed by atoms with E-state index in [0.29, 0.717) is 0 Å². The van der Waals surface area contributed by atoms with Gasteiger partial charge in [0.2, 0.25) is 0 Å². The van der Waals surface area contributed by atoms with E-state index in [9.17, 15) is 9.59 Å². The second-order valence-corrected chi connectivity index (χ2v) is 2.76. The first-order valence-corrected chi connectivity index (χ1v) is 4.34. The highest BCUT2D eigenvalue weighted by Gasteiger charge is 2.19. The average molecular weight is 184 g/mol. The van der Waals surface area contributed by atoms with Gasteiger partial charge in [0.05, 0.1) is 12.8 Å². The van der Waals surface area contributed by atoms with E-state index in [2.05, 4.69) is 0 Å². The number of rotatable bonds is 2. The van der Waals surface area contributed by atoms with Gasteiger partial charge in [0.1, 0.15) is 0 Å². The predicted octanol–water partition coefficient (Wildman–Crippen LogP) is 1.51. The number of carbonyl (C=O) groups excluding carboxylic acids is 2. The molecule has 1 rings (SSSR count). The average Bonchev–Trinajstić information content (AvgIpc) is 2.25. The van der Waals surface area contributed by atoms with E-state index in [4.69, 9.17) is 9.47 Å². The van der Waals surface area contributed by atoms with Crippen molar-refractivity contribution in [2.45, 2.75) is 32.6 Å². The molecule has 1 aliphatic rings. The highest BCUT2D eigenvalue weighted by atomic mass is 16.7. The molecule has 1 fully saturated rings. The number of carbonyl (C=O) groups is 2. The third-order valence-corrected chi connectivity index (χ3v) is 1.56. The highest BCUT2D eigenvalue weighted by molar-refractivity contribution is 5.80. The van der Waals surface area contributed by atoms with E-state index < -0.39 is 11.9 Å². The summed E-state index contributed by atoms with van der Waals surface area (Å²) in [6, 6.07) is 0. The molecule has 1 heterocycles. The molecule has 72 valence electrons. The van der Waals surface area contributed by atoms with Gasteiger partial charge in [-0.2, -0.15) is 0 Å². The molecule has 4 nitrogen and oxygen atoms in total. The summed E-state index contributed by atoms with van der Waals surface area (Å²) >= 11 is 0. The Hall–Kier alpha value is -1.32. The fourth-order valence-electron chi connectivity index (χ4n) is 0.897. The topological polar surface area (TPSA) is 52.6 Å². The molecule has 1 saturated heterocycles. The Morgan fingerprint density at radius 3 is 2.23 bits per heavy atom. The van der Waals surface area contributed by atoms with Gasteiger partial charge in [0, 0.05) is 0 Å². The molecule has 4 heteroatoms. The Kier molecular flexibility index (Phi) is 3.49. The first kappa shape index (κ1) is 9.77. The van der Waals surface area contributed by atoms with Crippen LogP contribution in [0, 0.1) is 0 Å². The van der Waals surface area contributed by atoms with E-state index in [0.717, 1.165) is 12.8 Å². The number of cyclic esters (lactones) is 2. The highest BCUT2D eigenvalue weighted by Crippen LogP contribution is 2.12. The van der Waals surface area contributed by atoms with Crippen LogP contribution in [-0.4, -0.2) is 11.9 Å². The Morgan fingerprint density at radius 1 is 1.23 bits per heavy atom. The summed E-state index contributed by atoms with van der Waals surface area (Å²) < 4.78 is 9.53. The van der Waals surface area contributed by atoms with Crippen molar-refractivity contribution in [3.05, 3.63) is 12.0 Å². The molecule has 0 aromatic heterocycles. The minimum atomic E-state index is -0.409. The predicted molar refractivity (Wildman–Crippen MR) is 44.4 cm³/mol. The lowest BCUT2D eigenvalue weighted by atomic mass is 10.3. The van der Waals surface area contributed by atoms with Crippen molar-refractivity contribution in [2.75, 3.05) is 0 Å². The van der Waals surface area contributed by atoms with E-state index in [1.54, 1.807) is 6.08 Å². The first-order chi connectivity index (χ1) is 6.22. The van der Waals surface area contributed by atoms with Crippen LogP contribution in [0.5, 0.6) is 0 Å². The molecule has 0 aromatic carbocycles. The minimum absolute atomic E-state index is 0.0364. The SMILES string of the molecule is CCCC=C1OC(=O)CCC(=O)O1. The molecule has 0 atom stereocenters. The lowest BCUT2D eigenvalue weighted by molar-refractivity contribution is -0.147. The second-order valence-electron chi connectivity index (χ2n) is 2.76. The van der Waals surface area contributed by atoms with Crippen LogP contribution in [0.25, 0.3) is 0 Å². The van der Waals surface area contributed by atoms with Crippen LogP contribution in [0.15, 0.2) is 12.0 Å². The number of hydrogen-bond acceptors (Lipinski definition) is 4. The second kappa shape index (κ2) is 4.64. The van der Waals surface area contributed by atoms with Crippen molar-refractivity contribution in [2.24, 2.45) is 0 Å². The largest absolute Gasteiger partial charge is 0.393 e. The normalized spacial score (nSPS) is 17.5. The lowest BCUT2D eigenvalue weighted by Crippen LogP contribution is -2.02. The van der Waals surface area contributed by atoms with Gasteiger partial charge in [-0.1, -0.05) is 13.3 Å². The maximum absolute atomic E-state index is 10.9. The number of ether oxygens (including phenoxy) is 2. The summed E-state index contributed by atoms with van der Waals surface area (Å²) in [4.78, 5) is 21.8. The van der Waals surface area contributed by atoms with E-state index in [1.807, 2.05) is 6.92 Å². The molecular formula is C9H12O4. The molecule has 0 amide bonds. The van der Waals surface area contributed by atoms with Crippen molar-refractivity contribution < 1.29 is 19.1 Å².